The van der Waals surface area contributed by atoms with Gasteiger partial charge in [0.15, 0.2) is 0 Å². The normalized spacial score (nSPS) is 24.6. The average Bonchev–Trinajstić information content (AvgIpc) is 3.26. The fourth-order valence-corrected chi connectivity index (χ4v) is 5.71. The molecule has 1 aromatic carbocycles. The lowest BCUT2D eigenvalue weighted by Crippen LogP contribution is -2.41. The molecular weight excluding hydrogens is 388 g/mol. The van der Waals surface area contributed by atoms with Gasteiger partial charge in [-0.25, -0.2) is 13.1 Å². The number of rotatable bonds is 6. The molecule has 7 heteroatoms. The Bertz CT molecular complexity index is 922. The second-order valence-electron chi connectivity index (χ2n) is 8.22. The molecule has 1 heterocycles. The summed E-state index contributed by atoms with van der Waals surface area (Å²) in [6.07, 6.45) is 10.1. The first-order valence-corrected chi connectivity index (χ1v) is 11.9. The second kappa shape index (κ2) is 8.71. The minimum atomic E-state index is -3.66. The zero-order chi connectivity index (χ0) is 20.3. The van der Waals surface area contributed by atoms with E-state index in [0.29, 0.717) is 11.3 Å². The van der Waals surface area contributed by atoms with Crippen molar-refractivity contribution in [2.75, 3.05) is 0 Å². The third-order valence-electron chi connectivity index (χ3n) is 6.32. The topological polar surface area (TPSA) is 88.4 Å². The van der Waals surface area contributed by atoms with E-state index in [9.17, 15) is 13.2 Å². The van der Waals surface area contributed by atoms with Crippen LogP contribution in [0, 0.1) is 11.8 Å². The fraction of sp³-hybridized carbons (Fsp3) is 0.500. The Labute approximate surface area is 172 Å². The first kappa shape index (κ1) is 20.2. The van der Waals surface area contributed by atoms with Crippen molar-refractivity contribution in [3.63, 3.8) is 0 Å². The highest BCUT2D eigenvalue weighted by molar-refractivity contribution is 7.89. The summed E-state index contributed by atoms with van der Waals surface area (Å²) in [7, 11) is -3.66. The van der Waals surface area contributed by atoms with Crippen molar-refractivity contribution in [1.82, 2.24) is 10.0 Å². The lowest BCUT2D eigenvalue weighted by molar-refractivity contribution is 0.0879. The fourth-order valence-electron chi connectivity index (χ4n) is 4.72. The Morgan fingerprint density at radius 3 is 2.48 bits per heavy atom. The van der Waals surface area contributed by atoms with Crippen molar-refractivity contribution in [1.29, 1.82) is 0 Å². The Balaban J connectivity index is 1.34. The van der Waals surface area contributed by atoms with Crippen LogP contribution in [-0.2, 0) is 16.6 Å². The van der Waals surface area contributed by atoms with Crippen LogP contribution < -0.4 is 10.0 Å². The van der Waals surface area contributed by atoms with E-state index >= 15 is 0 Å². The summed E-state index contributed by atoms with van der Waals surface area (Å²) in [5.74, 6) is 2.00. The van der Waals surface area contributed by atoms with Crippen molar-refractivity contribution in [3.8, 4) is 0 Å². The summed E-state index contributed by atoms with van der Waals surface area (Å²) in [4.78, 5) is 12.8. The van der Waals surface area contributed by atoms with E-state index in [-0.39, 0.29) is 23.4 Å². The summed E-state index contributed by atoms with van der Waals surface area (Å²) in [5.41, 5.74) is 0.487. The monoisotopic (exact) mass is 416 g/mol. The van der Waals surface area contributed by atoms with Gasteiger partial charge in [-0.3, -0.25) is 4.79 Å². The molecule has 2 aliphatic rings. The van der Waals surface area contributed by atoms with E-state index in [4.69, 9.17) is 4.42 Å². The summed E-state index contributed by atoms with van der Waals surface area (Å²) < 4.78 is 32.4. The smallest absolute Gasteiger partial charge is 0.251 e. The predicted octanol–water partition coefficient (Wildman–Crippen LogP) is 3.85. The summed E-state index contributed by atoms with van der Waals surface area (Å²) in [6.45, 7) is 0.0847. The molecule has 2 N–H and O–H groups in total. The third kappa shape index (κ3) is 4.90. The third-order valence-corrected chi connectivity index (χ3v) is 7.74. The van der Waals surface area contributed by atoms with Gasteiger partial charge in [-0.1, -0.05) is 25.7 Å². The first-order chi connectivity index (χ1) is 14.0. The summed E-state index contributed by atoms with van der Waals surface area (Å²) in [5, 5.41) is 3.15. The Hall–Kier alpha value is -2.12. The van der Waals surface area contributed by atoms with Gasteiger partial charge < -0.3 is 9.73 Å². The summed E-state index contributed by atoms with van der Waals surface area (Å²) in [6, 6.07) is 9.72. The molecule has 29 heavy (non-hydrogen) atoms. The molecule has 4 rings (SSSR count). The van der Waals surface area contributed by atoms with E-state index in [2.05, 4.69) is 10.0 Å². The Morgan fingerprint density at radius 1 is 1.00 bits per heavy atom. The van der Waals surface area contributed by atoms with E-state index in [1.807, 2.05) is 0 Å². The van der Waals surface area contributed by atoms with E-state index in [1.165, 1.54) is 50.5 Å². The first-order valence-electron chi connectivity index (χ1n) is 10.4. The van der Waals surface area contributed by atoms with Crippen LogP contribution in [0.1, 0.15) is 61.1 Å². The second-order valence-corrected chi connectivity index (χ2v) is 9.98. The van der Waals surface area contributed by atoms with Gasteiger partial charge in [-0.05, 0) is 67.5 Å². The van der Waals surface area contributed by atoms with Gasteiger partial charge in [-0.2, -0.15) is 0 Å². The van der Waals surface area contributed by atoms with Crippen LogP contribution in [-0.4, -0.2) is 20.4 Å². The van der Waals surface area contributed by atoms with Crippen LogP contribution >= 0.6 is 0 Å². The molecule has 3 atom stereocenters. The van der Waals surface area contributed by atoms with Gasteiger partial charge in [0.05, 0.1) is 17.7 Å². The van der Waals surface area contributed by atoms with Crippen LogP contribution in [0.3, 0.4) is 0 Å². The van der Waals surface area contributed by atoms with E-state index < -0.39 is 10.0 Å². The highest BCUT2D eigenvalue weighted by Crippen LogP contribution is 2.40. The van der Waals surface area contributed by atoms with Crippen LogP contribution in [0.4, 0.5) is 0 Å². The lowest BCUT2D eigenvalue weighted by atomic mass is 9.69. The molecule has 156 valence electrons. The van der Waals surface area contributed by atoms with E-state index in [0.717, 1.165) is 24.7 Å². The van der Waals surface area contributed by atoms with Crippen molar-refractivity contribution < 1.29 is 17.6 Å². The maximum absolute atomic E-state index is 12.6. The lowest BCUT2D eigenvalue weighted by Gasteiger charge is -2.39. The zero-order valence-corrected chi connectivity index (χ0v) is 17.3. The molecule has 1 amide bonds. The molecule has 2 saturated carbocycles. The number of fused-ring (bicyclic) bond motifs is 1. The molecule has 6 nitrogen and oxygen atoms in total. The molecular formula is C22H28N2O4S. The number of hydrogen-bond donors (Lipinski definition) is 2. The zero-order valence-electron chi connectivity index (χ0n) is 16.5. The number of benzene rings is 1. The molecule has 1 aromatic heterocycles. The van der Waals surface area contributed by atoms with Crippen LogP contribution in [0.2, 0.25) is 0 Å². The van der Waals surface area contributed by atoms with Gasteiger partial charge in [0.2, 0.25) is 10.0 Å². The average molecular weight is 417 g/mol. The number of hydrogen-bond acceptors (Lipinski definition) is 4. The Kier molecular flexibility index (Phi) is 6.06. The molecule has 0 unspecified atom stereocenters. The van der Waals surface area contributed by atoms with Gasteiger partial charge in [0, 0.05) is 11.6 Å². The van der Waals surface area contributed by atoms with Gasteiger partial charge in [-0.15, -0.1) is 0 Å². The number of furan rings is 1. The number of carbonyl (C=O) groups is 1. The van der Waals surface area contributed by atoms with Crippen molar-refractivity contribution in [3.05, 3.63) is 54.0 Å². The molecule has 2 fully saturated rings. The Morgan fingerprint density at radius 2 is 1.76 bits per heavy atom. The van der Waals surface area contributed by atoms with Crippen molar-refractivity contribution in [2.45, 2.75) is 62.4 Å². The van der Waals surface area contributed by atoms with E-state index in [1.54, 1.807) is 24.3 Å². The quantitative estimate of drug-likeness (QED) is 0.749. The van der Waals surface area contributed by atoms with Gasteiger partial charge >= 0.3 is 0 Å². The number of nitrogens with one attached hydrogen (secondary N) is 2. The maximum atomic E-state index is 12.6. The molecule has 2 aliphatic carbocycles. The minimum absolute atomic E-state index is 0.0847. The van der Waals surface area contributed by atoms with Gasteiger partial charge in [0.1, 0.15) is 5.76 Å². The predicted molar refractivity (Wildman–Crippen MR) is 110 cm³/mol. The summed E-state index contributed by atoms with van der Waals surface area (Å²) >= 11 is 0. The molecule has 0 saturated heterocycles. The molecule has 2 aromatic rings. The molecule has 0 spiro atoms. The van der Waals surface area contributed by atoms with Gasteiger partial charge in [0.25, 0.3) is 5.91 Å². The largest absolute Gasteiger partial charge is 0.468 e. The highest BCUT2D eigenvalue weighted by atomic mass is 32.2. The van der Waals surface area contributed by atoms with Crippen molar-refractivity contribution in [2.24, 2.45) is 11.8 Å². The SMILES string of the molecule is O=C(N[C@@H]1CC[C@@H]2CCCC[C@@H]2C1)c1ccc(S(=O)(=O)NCc2ccco2)cc1. The molecule has 0 bridgehead atoms. The van der Waals surface area contributed by atoms with Crippen LogP contribution in [0.15, 0.2) is 52.0 Å². The minimum Gasteiger partial charge on any atom is -0.468 e. The molecule has 0 aliphatic heterocycles. The number of carbonyl (C=O) groups excluding carboxylic acids is 1. The maximum Gasteiger partial charge on any atom is 0.251 e. The number of sulfonamides is 1. The standard InChI is InChI=1S/C22H28N2O4S/c25-22(24-19-10-7-16-4-1-2-5-18(16)14-19)17-8-11-21(12-9-17)29(26,27)23-15-20-6-3-13-28-20/h3,6,8-9,11-13,16,18-19,23H,1-2,4-5,7,10,14-15H2,(H,24,25)/t16-,18+,19+/m0/s1. The van der Waals surface area contributed by atoms with Crippen LogP contribution in [0.5, 0.6) is 0 Å². The van der Waals surface area contributed by atoms with Crippen molar-refractivity contribution >= 4 is 15.9 Å². The number of amides is 1. The highest BCUT2D eigenvalue weighted by Gasteiger charge is 2.32. The molecule has 0 radical (unpaired) electrons. The van der Waals surface area contributed by atoms with Crippen LogP contribution in [0.25, 0.3) is 0 Å².